The summed E-state index contributed by atoms with van der Waals surface area (Å²) in [7, 11) is -2.16. The Hall–Kier alpha value is -2.43. The monoisotopic (exact) mass is 486 g/mol. The molecule has 2 aromatic heterocycles. The lowest BCUT2D eigenvalue weighted by Gasteiger charge is -2.15. The number of nitro groups is 2. The second-order valence-corrected chi connectivity index (χ2v) is 20.9. The quantitative estimate of drug-likeness (QED) is 0.188. The van der Waals surface area contributed by atoms with Gasteiger partial charge in [-0.1, -0.05) is 39.3 Å². The molecule has 0 aliphatic carbocycles. The molecular weight excluding hydrogens is 452 g/mol. The molecule has 0 amide bonds. The van der Waals surface area contributed by atoms with E-state index in [0.717, 1.165) is 12.1 Å². The normalized spacial score (nSPS) is 11.7. The van der Waals surface area contributed by atoms with Crippen LogP contribution in [0.4, 0.5) is 11.6 Å². The van der Waals surface area contributed by atoms with E-state index in [4.69, 9.17) is 9.47 Å². The number of ether oxygens (including phenoxy) is 2. The van der Waals surface area contributed by atoms with Crippen LogP contribution >= 0.6 is 0 Å². The van der Waals surface area contributed by atoms with Gasteiger partial charge in [-0.2, -0.15) is 4.57 Å². The number of imidazole rings is 2. The molecule has 180 valence electrons. The summed E-state index contributed by atoms with van der Waals surface area (Å²) in [5, 5.41) is 20.9. The third-order valence-electron chi connectivity index (χ3n) is 4.15. The van der Waals surface area contributed by atoms with Gasteiger partial charge in [0.15, 0.2) is 13.1 Å². The van der Waals surface area contributed by atoms with Gasteiger partial charge in [-0.3, -0.25) is 4.57 Å². The van der Waals surface area contributed by atoms with Crippen LogP contribution in [0.2, 0.25) is 51.4 Å². The highest BCUT2D eigenvalue weighted by Gasteiger charge is 2.15. The summed E-state index contributed by atoms with van der Waals surface area (Å²) in [4.78, 5) is 27.3. The van der Waals surface area contributed by atoms with Crippen LogP contribution in [0.3, 0.4) is 0 Å². The van der Waals surface area contributed by atoms with Gasteiger partial charge in [0.25, 0.3) is 0 Å². The van der Waals surface area contributed by atoms with Crippen LogP contribution < -0.4 is 0 Å². The van der Waals surface area contributed by atoms with Crippen molar-refractivity contribution < 1.29 is 19.3 Å². The Morgan fingerprint density at radius 2 is 1.47 bits per heavy atom. The van der Waals surface area contributed by atoms with Gasteiger partial charge in [-0.15, -0.1) is 0 Å². The van der Waals surface area contributed by atoms with E-state index in [1.807, 2.05) is 0 Å². The zero-order chi connectivity index (χ0) is 24.4. The molecule has 0 N–H and O–H groups in total. The van der Waals surface area contributed by atoms with Gasteiger partial charge >= 0.3 is 11.6 Å². The van der Waals surface area contributed by atoms with E-state index in [9.17, 15) is 20.2 Å². The van der Waals surface area contributed by atoms with E-state index in [2.05, 4.69) is 49.3 Å². The molecule has 0 aliphatic heterocycles. The Balaban J connectivity index is 0.000000320. The number of aromatic nitrogens is 4. The number of hydrogen-bond donors (Lipinski definition) is 0. The Kier molecular flexibility index (Phi) is 10.8. The van der Waals surface area contributed by atoms with Crippen molar-refractivity contribution in [1.29, 1.82) is 0 Å². The molecule has 0 bridgehead atoms. The molecule has 0 aliphatic rings. The molecule has 0 atom stereocenters. The summed E-state index contributed by atoms with van der Waals surface area (Å²) in [6.45, 7) is 15.5. The van der Waals surface area contributed by atoms with Crippen molar-refractivity contribution in [3.8, 4) is 0 Å². The summed E-state index contributed by atoms with van der Waals surface area (Å²) >= 11 is 0. The first kappa shape index (κ1) is 27.6. The largest absolute Gasteiger partial charge is 0.381 e. The lowest BCUT2D eigenvalue weighted by molar-refractivity contribution is -0.393. The van der Waals surface area contributed by atoms with Crippen molar-refractivity contribution in [2.24, 2.45) is 0 Å². The maximum absolute atomic E-state index is 10.6. The third kappa shape index (κ3) is 11.8. The first-order chi connectivity index (χ1) is 14.8. The van der Waals surface area contributed by atoms with Crippen LogP contribution in [-0.2, 0) is 22.9 Å². The van der Waals surface area contributed by atoms with Gasteiger partial charge in [-0.25, -0.2) is 4.98 Å². The fourth-order valence-corrected chi connectivity index (χ4v) is 3.68. The van der Waals surface area contributed by atoms with Crippen LogP contribution in [-0.4, -0.2) is 58.3 Å². The number of nitrogens with zero attached hydrogens (tertiary/aromatic N) is 6. The minimum absolute atomic E-state index is 0.0343. The van der Waals surface area contributed by atoms with Crippen molar-refractivity contribution in [2.45, 2.75) is 64.8 Å². The van der Waals surface area contributed by atoms with Crippen LogP contribution in [0.1, 0.15) is 0 Å². The summed E-state index contributed by atoms with van der Waals surface area (Å²) in [5.41, 5.74) is 0. The minimum atomic E-state index is -1.10. The predicted molar refractivity (Wildman–Crippen MR) is 126 cm³/mol. The van der Waals surface area contributed by atoms with Crippen LogP contribution in [0.25, 0.3) is 0 Å². The second-order valence-electron chi connectivity index (χ2n) is 9.68. The standard InChI is InChI=1S/2C9H17N3O3Si/c1-16(2,3)5-4-15-8-11-6-9(10-7-11)12(13)14;1-16(2,3)5-4-15-8-11-7-10-6-9(11)12(13)14/h2*6-7H,4-5,8H2,1-3H3. The molecule has 2 rings (SSSR count). The topological polar surface area (TPSA) is 140 Å². The number of rotatable bonds is 12. The summed E-state index contributed by atoms with van der Waals surface area (Å²) < 4.78 is 13.8. The van der Waals surface area contributed by atoms with Crippen molar-refractivity contribution in [2.75, 3.05) is 13.2 Å². The molecular formula is C18H34N6O6Si2. The Morgan fingerprint density at radius 1 is 0.906 bits per heavy atom. The second kappa shape index (κ2) is 12.6. The van der Waals surface area contributed by atoms with Crippen molar-refractivity contribution in [3.63, 3.8) is 0 Å². The fourth-order valence-electron chi connectivity index (χ4n) is 2.17. The predicted octanol–water partition coefficient (Wildman–Crippen LogP) is 4.21. The smallest absolute Gasteiger partial charge is 0.361 e. The average molecular weight is 487 g/mol. The fraction of sp³-hybridized carbons (Fsp3) is 0.667. The Bertz CT molecular complexity index is 859. The average Bonchev–Trinajstić information content (AvgIpc) is 3.31. The van der Waals surface area contributed by atoms with Crippen LogP contribution in [0, 0.1) is 20.2 Å². The van der Waals surface area contributed by atoms with E-state index in [-0.39, 0.29) is 18.4 Å². The van der Waals surface area contributed by atoms with Gasteiger partial charge in [0, 0.05) is 29.4 Å². The highest BCUT2D eigenvalue weighted by molar-refractivity contribution is 6.76. The first-order valence-corrected chi connectivity index (χ1v) is 17.7. The van der Waals surface area contributed by atoms with Gasteiger partial charge < -0.3 is 29.7 Å². The zero-order valence-electron chi connectivity index (χ0n) is 19.7. The SMILES string of the molecule is C[Si](C)(C)CCOCn1cnc([N+](=O)[O-])c1.C[Si](C)(C)CCOCn1cncc1[N+](=O)[O-]. The number of hydrogen-bond acceptors (Lipinski definition) is 8. The Labute approximate surface area is 189 Å². The highest BCUT2D eigenvalue weighted by atomic mass is 28.3. The molecule has 0 spiro atoms. The van der Waals surface area contributed by atoms with E-state index in [0.29, 0.717) is 19.9 Å². The molecule has 2 aromatic rings. The molecule has 0 saturated heterocycles. The maximum Gasteiger partial charge on any atom is 0.381 e. The summed E-state index contributed by atoms with van der Waals surface area (Å²) in [6.07, 6.45) is 5.41. The molecule has 32 heavy (non-hydrogen) atoms. The molecule has 0 unspecified atom stereocenters. The minimum Gasteiger partial charge on any atom is -0.361 e. The molecule has 14 heteroatoms. The highest BCUT2D eigenvalue weighted by Crippen LogP contribution is 2.12. The summed E-state index contributed by atoms with van der Waals surface area (Å²) in [5.74, 6) is -0.179. The lowest BCUT2D eigenvalue weighted by atomic mass is 10.7. The molecule has 0 fully saturated rings. The molecule has 0 aromatic carbocycles. The van der Waals surface area contributed by atoms with Crippen LogP contribution in [0.15, 0.2) is 25.0 Å². The molecule has 0 radical (unpaired) electrons. The van der Waals surface area contributed by atoms with E-state index in [1.54, 1.807) is 4.57 Å². The van der Waals surface area contributed by atoms with E-state index >= 15 is 0 Å². The summed E-state index contributed by atoms with van der Waals surface area (Å²) in [6, 6.07) is 2.14. The van der Waals surface area contributed by atoms with E-state index < -0.39 is 26.0 Å². The molecule has 0 saturated carbocycles. The third-order valence-corrected chi connectivity index (χ3v) is 7.56. The van der Waals surface area contributed by atoms with Gasteiger partial charge in [0.1, 0.15) is 19.1 Å². The van der Waals surface area contributed by atoms with E-state index in [1.165, 1.54) is 29.6 Å². The Morgan fingerprint density at radius 3 is 1.94 bits per heavy atom. The van der Waals surface area contributed by atoms with Crippen molar-refractivity contribution >= 4 is 27.8 Å². The van der Waals surface area contributed by atoms with Gasteiger partial charge in [0.05, 0.1) is 0 Å². The lowest BCUT2D eigenvalue weighted by Crippen LogP contribution is -2.22. The van der Waals surface area contributed by atoms with Gasteiger partial charge in [-0.05, 0) is 26.9 Å². The van der Waals surface area contributed by atoms with Crippen molar-refractivity contribution in [3.05, 3.63) is 45.3 Å². The first-order valence-electron chi connectivity index (χ1n) is 10.2. The molecule has 12 nitrogen and oxygen atoms in total. The zero-order valence-corrected chi connectivity index (χ0v) is 21.7. The van der Waals surface area contributed by atoms with Gasteiger partial charge in [0.2, 0.25) is 6.33 Å². The molecule has 2 heterocycles. The maximum atomic E-state index is 10.6. The van der Waals surface area contributed by atoms with Crippen molar-refractivity contribution in [1.82, 2.24) is 19.1 Å². The van der Waals surface area contributed by atoms with Crippen LogP contribution in [0.5, 0.6) is 0 Å².